The van der Waals surface area contributed by atoms with E-state index < -0.39 is 0 Å². The van der Waals surface area contributed by atoms with Crippen LogP contribution in [-0.2, 0) is 0 Å². The Morgan fingerprint density at radius 2 is 2.07 bits per heavy atom. The molecule has 0 radical (unpaired) electrons. The fourth-order valence-corrected chi connectivity index (χ4v) is 2.87. The first-order valence-corrected chi connectivity index (χ1v) is 5.35. The van der Waals surface area contributed by atoms with E-state index in [1.54, 1.807) is 0 Å². The first-order valence-electron chi connectivity index (χ1n) is 5.35. The molecule has 74 valence electrons. The van der Waals surface area contributed by atoms with Crippen LogP contribution in [0.2, 0.25) is 0 Å². The van der Waals surface area contributed by atoms with E-state index in [0.717, 1.165) is 25.0 Å². The zero-order valence-electron chi connectivity index (χ0n) is 8.34. The minimum absolute atomic E-state index is 0.482. The monoisotopic (exact) mass is 189 g/mol. The lowest BCUT2D eigenvalue weighted by molar-refractivity contribution is 0.332. The Labute approximate surface area is 84.2 Å². The standard InChI is InChI=1S/C12H15NO/c1-8-7-9-4-6-13-5-2-3-10(11(9)13)12(8)14/h14H,1-7H2. The molecule has 0 spiro atoms. The van der Waals surface area contributed by atoms with Crippen LogP contribution in [0.25, 0.3) is 0 Å². The zero-order chi connectivity index (χ0) is 9.71. The maximum absolute atomic E-state index is 9.96. The highest BCUT2D eigenvalue weighted by Crippen LogP contribution is 2.43. The Kier molecular flexibility index (Phi) is 1.55. The fourth-order valence-electron chi connectivity index (χ4n) is 2.87. The first-order chi connectivity index (χ1) is 6.77. The van der Waals surface area contributed by atoms with E-state index in [4.69, 9.17) is 0 Å². The molecule has 0 aromatic heterocycles. The van der Waals surface area contributed by atoms with Crippen molar-refractivity contribution in [1.82, 2.24) is 4.90 Å². The summed E-state index contributed by atoms with van der Waals surface area (Å²) in [7, 11) is 0. The van der Waals surface area contributed by atoms with E-state index in [1.165, 1.54) is 36.2 Å². The van der Waals surface area contributed by atoms with Crippen molar-refractivity contribution in [2.75, 3.05) is 13.1 Å². The molecule has 0 saturated carbocycles. The van der Waals surface area contributed by atoms with Gasteiger partial charge < -0.3 is 10.0 Å². The lowest BCUT2D eigenvalue weighted by Crippen LogP contribution is -2.28. The summed E-state index contributed by atoms with van der Waals surface area (Å²) in [6.07, 6.45) is 4.26. The van der Waals surface area contributed by atoms with Crippen LogP contribution in [0, 0.1) is 0 Å². The molecule has 0 bridgehead atoms. The van der Waals surface area contributed by atoms with Gasteiger partial charge in [0.05, 0.1) is 0 Å². The molecule has 0 aromatic carbocycles. The number of allylic oxidation sites excluding steroid dienone is 2. The van der Waals surface area contributed by atoms with Crippen molar-refractivity contribution in [3.05, 3.63) is 34.8 Å². The first kappa shape index (κ1) is 8.16. The van der Waals surface area contributed by atoms with E-state index >= 15 is 0 Å². The highest BCUT2D eigenvalue weighted by atomic mass is 16.3. The van der Waals surface area contributed by atoms with E-state index in [2.05, 4.69) is 11.5 Å². The molecule has 1 N–H and O–H groups in total. The van der Waals surface area contributed by atoms with Gasteiger partial charge in [-0.05, 0) is 36.8 Å². The topological polar surface area (TPSA) is 23.5 Å². The predicted molar refractivity (Wildman–Crippen MR) is 55.9 cm³/mol. The maximum Gasteiger partial charge on any atom is 0.123 e. The number of aliphatic hydroxyl groups excluding tert-OH is 1. The molecular weight excluding hydrogens is 174 g/mol. The lowest BCUT2D eigenvalue weighted by Gasteiger charge is -2.32. The van der Waals surface area contributed by atoms with Crippen LogP contribution in [0.4, 0.5) is 0 Å². The molecule has 0 aromatic rings. The molecule has 1 saturated heterocycles. The Balaban J connectivity index is 2.15. The second-order valence-corrected chi connectivity index (χ2v) is 4.40. The Morgan fingerprint density at radius 1 is 1.21 bits per heavy atom. The Bertz CT molecular complexity index is 376. The lowest BCUT2D eigenvalue weighted by atomic mass is 9.87. The molecule has 0 amide bonds. The van der Waals surface area contributed by atoms with E-state index in [9.17, 15) is 5.11 Å². The van der Waals surface area contributed by atoms with Gasteiger partial charge >= 0.3 is 0 Å². The molecule has 2 heteroatoms. The van der Waals surface area contributed by atoms with Crippen molar-refractivity contribution in [2.24, 2.45) is 0 Å². The van der Waals surface area contributed by atoms with Crippen LogP contribution < -0.4 is 0 Å². The van der Waals surface area contributed by atoms with Crippen molar-refractivity contribution < 1.29 is 5.11 Å². The van der Waals surface area contributed by atoms with Crippen molar-refractivity contribution in [1.29, 1.82) is 0 Å². The van der Waals surface area contributed by atoms with Crippen LogP contribution >= 0.6 is 0 Å². The van der Waals surface area contributed by atoms with Crippen molar-refractivity contribution >= 4 is 0 Å². The van der Waals surface area contributed by atoms with E-state index in [-0.39, 0.29) is 0 Å². The third-order valence-corrected chi connectivity index (χ3v) is 3.52. The maximum atomic E-state index is 9.96. The fraction of sp³-hybridized carbons (Fsp3) is 0.500. The SMILES string of the molecule is C=C1CC2=C3C(=C1O)CCCN3CC2. The summed E-state index contributed by atoms with van der Waals surface area (Å²) in [5.41, 5.74) is 4.95. The van der Waals surface area contributed by atoms with Gasteiger partial charge in [-0.15, -0.1) is 0 Å². The third kappa shape index (κ3) is 0.912. The van der Waals surface area contributed by atoms with Crippen molar-refractivity contribution in [2.45, 2.75) is 25.7 Å². The minimum Gasteiger partial charge on any atom is -0.507 e. The van der Waals surface area contributed by atoms with Crippen LogP contribution in [0.3, 0.4) is 0 Å². The third-order valence-electron chi connectivity index (χ3n) is 3.52. The molecule has 3 rings (SSSR count). The summed E-state index contributed by atoms with van der Waals surface area (Å²) in [6, 6.07) is 0. The molecule has 1 aliphatic carbocycles. The average molecular weight is 189 g/mol. The van der Waals surface area contributed by atoms with Gasteiger partial charge in [0, 0.05) is 24.4 Å². The van der Waals surface area contributed by atoms with Gasteiger partial charge in [-0.2, -0.15) is 0 Å². The van der Waals surface area contributed by atoms with Crippen LogP contribution in [0.1, 0.15) is 25.7 Å². The number of nitrogens with zero attached hydrogens (tertiary/aromatic N) is 1. The number of aliphatic hydroxyl groups is 1. The molecule has 2 heterocycles. The second-order valence-electron chi connectivity index (χ2n) is 4.40. The molecule has 2 nitrogen and oxygen atoms in total. The molecular formula is C12H15NO. The van der Waals surface area contributed by atoms with Crippen LogP contribution in [0.5, 0.6) is 0 Å². The van der Waals surface area contributed by atoms with Gasteiger partial charge in [-0.1, -0.05) is 6.58 Å². The van der Waals surface area contributed by atoms with Crippen molar-refractivity contribution in [3.8, 4) is 0 Å². The van der Waals surface area contributed by atoms with Gasteiger partial charge in [-0.25, -0.2) is 0 Å². The summed E-state index contributed by atoms with van der Waals surface area (Å²) in [6.45, 7) is 6.26. The zero-order valence-corrected chi connectivity index (χ0v) is 8.34. The highest BCUT2D eigenvalue weighted by Gasteiger charge is 2.33. The summed E-state index contributed by atoms with van der Waals surface area (Å²) in [4.78, 5) is 2.43. The second kappa shape index (κ2) is 2.66. The Morgan fingerprint density at radius 3 is 2.93 bits per heavy atom. The van der Waals surface area contributed by atoms with Crippen LogP contribution in [-0.4, -0.2) is 23.1 Å². The molecule has 1 fully saturated rings. The average Bonchev–Trinajstić information content (AvgIpc) is 2.59. The number of piperidine rings is 1. The van der Waals surface area contributed by atoms with Gasteiger partial charge in [-0.3, -0.25) is 0 Å². The smallest absolute Gasteiger partial charge is 0.123 e. The van der Waals surface area contributed by atoms with Gasteiger partial charge in [0.1, 0.15) is 5.76 Å². The normalized spacial score (nSPS) is 26.0. The molecule has 0 unspecified atom stereocenters. The van der Waals surface area contributed by atoms with Gasteiger partial charge in [0.2, 0.25) is 0 Å². The minimum atomic E-state index is 0.482. The highest BCUT2D eigenvalue weighted by molar-refractivity contribution is 5.51. The number of rotatable bonds is 0. The number of hydrogen-bond donors (Lipinski definition) is 1. The summed E-state index contributed by atoms with van der Waals surface area (Å²) < 4.78 is 0. The largest absolute Gasteiger partial charge is 0.507 e. The molecule has 0 atom stereocenters. The van der Waals surface area contributed by atoms with Gasteiger partial charge in [0.15, 0.2) is 0 Å². The summed E-state index contributed by atoms with van der Waals surface area (Å²) in [5.74, 6) is 0.482. The molecule has 3 aliphatic rings. The summed E-state index contributed by atoms with van der Waals surface area (Å²) >= 11 is 0. The Hall–Kier alpha value is -1.18. The van der Waals surface area contributed by atoms with Crippen LogP contribution in [0.15, 0.2) is 34.8 Å². The molecule has 14 heavy (non-hydrogen) atoms. The summed E-state index contributed by atoms with van der Waals surface area (Å²) in [5, 5.41) is 9.96. The predicted octanol–water partition coefficient (Wildman–Crippen LogP) is 2.51. The van der Waals surface area contributed by atoms with E-state index in [1.807, 2.05) is 0 Å². The molecule has 2 aliphatic heterocycles. The van der Waals surface area contributed by atoms with E-state index in [0.29, 0.717) is 5.76 Å². The van der Waals surface area contributed by atoms with Gasteiger partial charge in [0.25, 0.3) is 0 Å². The number of hydrogen-bond acceptors (Lipinski definition) is 2. The quantitative estimate of drug-likeness (QED) is 0.633. The van der Waals surface area contributed by atoms with Crippen molar-refractivity contribution in [3.63, 3.8) is 0 Å².